The molecule has 0 radical (unpaired) electrons. The van der Waals surface area contributed by atoms with Crippen LogP contribution < -0.4 is 14.2 Å². The summed E-state index contributed by atoms with van der Waals surface area (Å²) in [6.45, 7) is 9.89. The summed E-state index contributed by atoms with van der Waals surface area (Å²) >= 11 is 0. The van der Waals surface area contributed by atoms with E-state index in [1.165, 1.54) is 37.7 Å². The summed E-state index contributed by atoms with van der Waals surface area (Å²) < 4.78 is 18.0. The van der Waals surface area contributed by atoms with Gasteiger partial charge in [-0.05, 0) is 42.7 Å². The Morgan fingerprint density at radius 2 is 1.64 bits per heavy atom. The summed E-state index contributed by atoms with van der Waals surface area (Å²) in [5.74, 6) is 2.69. The Bertz CT molecular complexity index is 833. The van der Waals surface area contributed by atoms with E-state index in [4.69, 9.17) is 14.2 Å². The third-order valence-corrected chi connectivity index (χ3v) is 6.76. The van der Waals surface area contributed by atoms with Crippen LogP contribution in [-0.4, -0.2) is 55.4 Å². The fourth-order valence-corrected chi connectivity index (χ4v) is 4.86. The zero-order valence-electron chi connectivity index (χ0n) is 20.4. The number of unbranched alkanes of at least 4 members (excludes halogenated alkanes) is 3. The summed E-state index contributed by atoms with van der Waals surface area (Å²) in [4.78, 5) is 5.10. The first kappa shape index (κ1) is 23.9. The van der Waals surface area contributed by atoms with Gasteiger partial charge in [-0.15, -0.1) is 0 Å². The average Bonchev–Trinajstić information content (AvgIpc) is 2.88. The van der Waals surface area contributed by atoms with Gasteiger partial charge in [-0.1, -0.05) is 63.8 Å². The maximum absolute atomic E-state index is 6.26. The van der Waals surface area contributed by atoms with E-state index in [0.29, 0.717) is 12.6 Å². The third kappa shape index (κ3) is 6.42. The summed E-state index contributed by atoms with van der Waals surface area (Å²) in [6, 6.07) is 17.3. The zero-order valence-corrected chi connectivity index (χ0v) is 20.4. The largest absolute Gasteiger partial charge is 0.494 e. The lowest BCUT2D eigenvalue weighted by Crippen LogP contribution is -2.55. The quantitative estimate of drug-likeness (QED) is 0.397. The SMILES string of the molecule is CCCCCCC(c1ccc(OCCC)cc1)N1CCN(C2COc3ccccc3O2)CC1. The normalized spacial score (nSPS) is 19.9. The lowest BCUT2D eigenvalue weighted by atomic mass is 9.97. The van der Waals surface area contributed by atoms with E-state index in [1.54, 1.807) is 0 Å². The predicted molar refractivity (Wildman–Crippen MR) is 133 cm³/mol. The first-order chi connectivity index (χ1) is 16.3. The van der Waals surface area contributed by atoms with E-state index in [-0.39, 0.29) is 6.23 Å². The highest BCUT2D eigenvalue weighted by Gasteiger charge is 2.31. The fraction of sp³-hybridized carbons (Fsp3) is 0.571. The third-order valence-electron chi connectivity index (χ3n) is 6.76. The Labute approximate surface area is 199 Å². The molecule has 0 aromatic heterocycles. The Morgan fingerprint density at radius 1 is 0.879 bits per heavy atom. The molecule has 0 saturated carbocycles. The first-order valence-corrected chi connectivity index (χ1v) is 12.9. The molecule has 2 aliphatic heterocycles. The van der Waals surface area contributed by atoms with Crippen molar-refractivity contribution < 1.29 is 14.2 Å². The molecule has 2 unspecified atom stereocenters. The van der Waals surface area contributed by atoms with Gasteiger partial charge in [0, 0.05) is 32.2 Å². The molecule has 2 aliphatic rings. The van der Waals surface area contributed by atoms with Gasteiger partial charge in [0.05, 0.1) is 6.61 Å². The van der Waals surface area contributed by atoms with Gasteiger partial charge in [-0.3, -0.25) is 9.80 Å². The number of ether oxygens (including phenoxy) is 3. The van der Waals surface area contributed by atoms with Crippen LogP contribution in [0.2, 0.25) is 0 Å². The van der Waals surface area contributed by atoms with Crippen molar-refractivity contribution in [3.8, 4) is 17.2 Å². The molecule has 0 spiro atoms. The Morgan fingerprint density at radius 3 is 2.36 bits per heavy atom. The molecule has 1 saturated heterocycles. The highest BCUT2D eigenvalue weighted by atomic mass is 16.6. The number of benzene rings is 2. The second kappa shape index (κ2) is 12.3. The number of piperazine rings is 1. The number of hydrogen-bond acceptors (Lipinski definition) is 5. The molecule has 1 fully saturated rings. The van der Waals surface area contributed by atoms with Crippen molar-refractivity contribution in [2.24, 2.45) is 0 Å². The van der Waals surface area contributed by atoms with Crippen molar-refractivity contribution in [3.05, 3.63) is 54.1 Å². The number of nitrogens with zero attached hydrogens (tertiary/aromatic N) is 2. The van der Waals surface area contributed by atoms with E-state index in [2.05, 4.69) is 47.9 Å². The van der Waals surface area contributed by atoms with Crippen molar-refractivity contribution >= 4 is 0 Å². The van der Waals surface area contributed by atoms with Crippen LogP contribution in [0, 0.1) is 0 Å². The van der Waals surface area contributed by atoms with Crippen LogP contribution in [-0.2, 0) is 0 Å². The van der Waals surface area contributed by atoms with E-state index in [9.17, 15) is 0 Å². The van der Waals surface area contributed by atoms with Gasteiger partial charge in [0.2, 0.25) is 0 Å². The molecule has 4 rings (SSSR count). The smallest absolute Gasteiger partial charge is 0.187 e. The van der Waals surface area contributed by atoms with Crippen LogP contribution in [0.3, 0.4) is 0 Å². The van der Waals surface area contributed by atoms with Crippen LogP contribution >= 0.6 is 0 Å². The predicted octanol–water partition coefficient (Wildman–Crippen LogP) is 5.90. The lowest BCUT2D eigenvalue weighted by Gasteiger charge is -2.43. The highest BCUT2D eigenvalue weighted by molar-refractivity contribution is 5.40. The first-order valence-electron chi connectivity index (χ1n) is 12.9. The molecule has 5 nitrogen and oxygen atoms in total. The number of para-hydroxylation sites is 2. The molecule has 33 heavy (non-hydrogen) atoms. The van der Waals surface area contributed by atoms with E-state index in [1.807, 2.05) is 24.3 Å². The van der Waals surface area contributed by atoms with Crippen LogP contribution in [0.1, 0.15) is 64.0 Å². The van der Waals surface area contributed by atoms with Gasteiger partial charge in [0.1, 0.15) is 12.4 Å². The molecule has 0 bridgehead atoms. The summed E-state index contributed by atoms with van der Waals surface area (Å²) in [5.41, 5.74) is 1.41. The van der Waals surface area contributed by atoms with Crippen LogP contribution in [0.15, 0.2) is 48.5 Å². The van der Waals surface area contributed by atoms with Gasteiger partial charge in [-0.2, -0.15) is 0 Å². The van der Waals surface area contributed by atoms with Crippen molar-refractivity contribution in [1.82, 2.24) is 9.80 Å². The van der Waals surface area contributed by atoms with Gasteiger partial charge in [0.15, 0.2) is 17.7 Å². The molecule has 0 N–H and O–H groups in total. The number of rotatable bonds is 11. The Balaban J connectivity index is 1.36. The van der Waals surface area contributed by atoms with E-state index < -0.39 is 0 Å². The summed E-state index contributed by atoms with van der Waals surface area (Å²) in [7, 11) is 0. The molecule has 0 aliphatic carbocycles. The van der Waals surface area contributed by atoms with Crippen molar-refractivity contribution in [2.75, 3.05) is 39.4 Å². The van der Waals surface area contributed by atoms with Gasteiger partial charge in [-0.25, -0.2) is 0 Å². The van der Waals surface area contributed by atoms with Crippen molar-refractivity contribution in [3.63, 3.8) is 0 Å². The van der Waals surface area contributed by atoms with Crippen LogP contribution in [0.5, 0.6) is 17.2 Å². The molecule has 180 valence electrons. The topological polar surface area (TPSA) is 34.2 Å². The monoisotopic (exact) mass is 452 g/mol. The van der Waals surface area contributed by atoms with Crippen molar-refractivity contribution in [1.29, 1.82) is 0 Å². The zero-order chi connectivity index (χ0) is 22.9. The van der Waals surface area contributed by atoms with Gasteiger partial charge >= 0.3 is 0 Å². The second-order valence-corrected chi connectivity index (χ2v) is 9.18. The maximum Gasteiger partial charge on any atom is 0.187 e. The van der Waals surface area contributed by atoms with Crippen LogP contribution in [0.4, 0.5) is 0 Å². The Hall–Kier alpha value is -2.24. The maximum atomic E-state index is 6.26. The molecule has 2 atom stereocenters. The molecular formula is C28H40N2O3. The summed E-state index contributed by atoms with van der Waals surface area (Å²) in [5, 5.41) is 0. The van der Waals surface area contributed by atoms with Gasteiger partial charge in [0.25, 0.3) is 0 Å². The molecule has 2 heterocycles. The highest BCUT2D eigenvalue weighted by Crippen LogP contribution is 2.33. The fourth-order valence-electron chi connectivity index (χ4n) is 4.86. The molecule has 5 heteroatoms. The minimum Gasteiger partial charge on any atom is -0.494 e. The second-order valence-electron chi connectivity index (χ2n) is 9.18. The number of hydrogen-bond donors (Lipinski definition) is 0. The van der Waals surface area contributed by atoms with E-state index in [0.717, 1.165) is 56.5 Å². The van der Waals surface area contributed by atoms with Gasteiger partial charge < -0.3 is 14.2 Å². The minimum absolute atomic E-state index is 0.0000482. The Kier molecular flexibility index (Phi) is 8.90. The molecule has 0 amide bonds. The van der Waals surface area contributed by atoms with Crippen molar-refractivity contribution in [2.45, 2.75) is 64.6 Å². The molecule has 2 aromatic carbocycles. The standard InChI is InChI=1S/C28H40N2O3/c1-3-5-6-7-10-25(23-13-15-24(16-14-23)31-21-4-2)29-17-19-30(20-18-29)28-22-32-26-11-8-9-12-27(26)33-28/h8-9,11-16,25,28H,3-7,10,17-22H2,1-2H3. The van der Waals surface area contributed by atoms with Crippen LogP contribution in [0.25, 0.3) is 0 Å². The van der Waals surface area contributed by atoms with E-state index >= 15 is 0 Å². The average molecular weight is 453 g/mol. The number of fused-ring (bicyclic) bond motifs is 1. The molecule has 2 aromatic rings. The minimum atomic E-state index is 0.0000482. The molecular weight excluding hydrogens is 412 g/mol. The summed E-state index contributed by atoms with van der Waals surface area (Å²) in [6.07, 6.45) is 7.45. The lowest BCUT2D eigenvalue weighted by molar-refractivity contribution is -0.0551.